The van der Waals surface area contributed by atoms with Gasteiger partial charge in [-0.1, -0.05) is 0 Å². The quantitative estimate of drug-likeness (QED) is 0.396. The minimum Gasteiger partial charge on any atom is -0.373 e. The average Bonchev–Trinajstić information content (AvgIpc) is 1.87. The molecule has 0 fully saturated rings. The first-order valence-electron chi connectivity index (χ1n) is 2.17. The molecule has 0 spiro atoms. The predicted molar refractivity (Wildman–Crippen MR) is 33.7 cm³/mol. The number of aliphatic hydroxyl groups excluding tert-OH is 1. The molecule has 1 unspecified atom stereocenters. The Labute approximate surface area is 56.6 Å². The van der Waals surface area contributed by atoms with Crippen molar-refractivity contribution in [2.24, 2.45) is 0 Å². The molecule has 52 valence electrons. The molecule has 2 N–H and O–H groups in total. The summed E-state index contributed by atoms with van der Waals surface area (Å²) < 4.78 is 0. The predicted octanol–water partition coefficient (Wildman–Crippen LogP) is -1.06. The van der Waals surface area contributed by atoms with Gasteiger partial charge in [-0.3, -0.25) is 14.9 Å². The molecule has 0 heterocycles. The second-order valence-electron chi connectivity index (χ2n) is 1.21. The van der Waals surface area contributed by atoms with E-state index in [1.54, 1.807) is 11.6 Å². The highest BCUT2D eigenvalue weighted by molar-refractivity contribution is 7.99. The molecule has 2 amide bonds. The molecule has 0 rings (SSSR count). The van der Waals surface area contributed by atoms with Crippen LogP contribution in [0.5, 0.6) is 0 Å². The van der Waals surface area contributed by atoms with Gasteiger partial charge in [0.1, 0.15) is 0 Å². The monoisotopic (exact) mass is 149 g/mol. The van der Waals surface area contributed by atoms with Crippen molar-refractivity contribution in [2.45, 2.75) is 5.44 Å². The first-order chi connectivity index (χ1) is 4.22. The molecule has 0 aliphatic rings. The van der Waals surface area contributed by atoms with Crippen LogP contribution in [0.3, 0.4) is 0 Å². The Morgan fingerprint density at radius 2 is 2.44 bits per heavy atom. The van der Waals surface area contributed by atoms with Crippen molar-refractivity contribution < 1.29 is 14.7 Å². The van der Waals surface area contributed by atoms with Gasteiger partial charge in [0.25, 0.3) is 5.91 Å². The van der Waals surface area contributed by atoms with E-state index < -0.39 is 11.3 Å². The molecule has 9 heavy (non-hydrogen) atoms. The van der Waals surface area contributed by atoms with E-state index in [0.717, 1.165) is 11.8 Å². The van der Waals surface area contributed by atoms with Gasteiger partial charge in [0.2, 0.25) is 6.41 Å². The molecule has 0 aliphatic heterocycles. The van der Waals surface area contributed by atoms with E-state index in [0.29, 0.717) is 0 Å². The van der Waals surface area contributed by atoms with E-state index in [4.69, 9.17) is 5.11 Å². The summed E-state index contributed by atoms with van der Waals surface area (Å²) in [4.78, 5) is 19.9. The van der Waals surface area contributed by atoms with Crippen molar-refractivity contribution in [1.29, 1.82) is 0 Å². The molecular formula is C4H7NO3S. The van der Waals surface area contributed by atoms with Crippen molar-refractivity contribution in [1.82, 2.24) is 5.32 Å². The number of amides is 2. The van der Waals surface area contributed by atoms with Crippen molar-refractivity contribution in [2.75, 3.05) is 6.26 Å². The van der Waals surface area contributed by atoms with E-state index in [-0.39, 0.29) is 6.41 Å². The van der Waals surface area contributed by atoms with Gasteiger partial charge in [-0.2, -0.15) is 0 Å². The van der Waals surface area contributed by atoms with Crippen LogP contribution in [-0.2, 0) is 9.59 Å². The molecule has 0 radical (unpaired) electrons. The Morgan fingerprint density at radius 3 is 2.78 bits per heavy atom. The van der Waals surface area contributed by atoms with Crippen LogP contribution in [0.1, 0.15) is 0 Å². The van der Waals surface area contributed by atoms with Crippen molar-refractivity contribution in [3.63, 3.8) is 0 Å². The molecule has 4 nitrogen and oxygen atoms in total. The van der Waals surface area contributed by atoms with Gasteiger partial charge in [-0.15, -0.1) is 11.8 Å². The second-order valence-corrected chi connectivity index (χ2v) is 2.13. The van der Waals surface area contributed by atoms with E-state index in [1.165, 1.54) is 0 Å². The van der Waals surface area contributed by atoms with Crippen LogP contribution in [0, 0.1) is 0 Å². The molecule has 0 bridgehead atoms. The Bertz CT molecular complexity index is 116. The van der Waals surface area contributed by atoms with Crippen LogP contribution in [0.15, 0.2) is 0 Å². The third-order valence-corrected chi connectivity index (χ3v) is 1.31. The van der Waals surface area contributed by atoms with E-state index in [2.05, 4.69) is 0 Å². The number of imide groups is 1. The summed E-state index contributed by atoms with van der Waals surface area (Å²) in [5, 5.41) is 10.5. The van der Waals surface area contributed by atoms with E-state index >= 15 is 0 Å². The standard InChI is InChI=1S/C4H7NO3S/c1-9-4(8)3(7)5-2-6/h2,4,8H,1H3,(H,5,6,7). The maximum atomic E-state index is 10.4. The smallest absolute Gasteiger partial charge is 0.265 e. The first-order valence-corrected chi connectivity index (χ1v) is 3.46. The zero-order valence-corrected chi connectivity index (χ0v) is 5.64. The molecular weight excluding hydrogens is 142 g/mol. The Hall–Kier alpha value is -0.550. The minimum atomic E-state index is -1.14. The summed E-state index contributed by atoms with van der Waals surface area (Å²) >= 11 is 0.957. The average molecular weight is 149 g/mol. The van der Waals surface area contributed by atoms with Gasteiger partial charge >= 0.3 is 0 Å². The maximum absolute atomic E-state index is 10.4. The Kier molecular flexibility index (Phi) is 4.08. The number of rotatable bonds is 3. The fraction of sp³-hybridized carbons (Fsp3) is 0.500. The molecule has 0 aliphatic carbocycles. The summed E-state index contributed by atoms with van der Waals surface area (Å²) in [5.74, 6) is -0.683. The number of hydrogen-bond acceptors (Lipinski definition) is 4. The fourth-order valence-corrected chi connectivity index (χ4v) is 0.519. The number of carbonyl (C=O) groups is 2. The first kappa shape index (κ1) is 8.45. The third kappa shape index (κ3) is 3.10. The lowest BCUT2D eigenvalue weighted by Crippen LogP contribution is -2.30. The van der Waals surface area contributed by atoms with Crippen molar-refractivity contribution >= 4 is 24.1 Å². The lowest BCUT2D eigenvalue weighted by atomic mass is 10.6. The molecule has 0 saturated heterocycles. The van der Waals surface area contributed by atoms with Gasteiger partial charge in [-0.05, 0) is 6.26 Å². The van der Waals surface area contributed by atoms with Crippen LogP contribution < -0.4 is 5.32 Å². The van der Waals surface area contributed by atoms with E-state index in [1.807, 2.05) is 0 Å². The molecule has 5 heteroatoms. The highest BCUT2D eigenvalue weighted by atomic mass is 32.2. The summed E-state index contributed by atoms with van der Waals surface area (Å²) in [6.07, 6.45) is 1.80. The molecule has 0 saturated carbocycles. The summed E-state index contributed by atoms with van der Waals surface area (Å²) in [6, 6.07) is 0. The van der Waals surface area contributed by atoms with Gasteiger partial charge in [0.05, 0.1) is 0 Å². The Balaban J connectivity index is 3.58. The largest absolute Gasteiger partial charge is 0.373 e. The van der Waals surface area contributed by atoms with Crippen LogP contribution in [0.25, 0.3) is 0 Å². The Morgan fingerprint density at radius 1 is 1.89 bits per heavy atom. The zero-order valence-electron chi connectivity index (χ0n) is 4.83. The lowest BCUT2D eigenvalue weighted by Gasteiger charge is -2.01. The van der Waals surface area contributed by atoms with Gasteiger partial charge in [0, 0.05) is 0 Å². The van der Waals surface area contributed by atoms with Gasteiger partial charge < -0.3 is 5.11 Å². The fourth-order valence-electron chi connectivity index (χ4n) is 0.236. The number of carbonyl (C=O) groups excluding carboxylic acids is 2. The summed E-state index contributed by atoms with van der Waals surface area (Å²) in [6.45, 7) is 0. The number of aliphatic hydroxyl groups is 1. The molecule has 1 atom stereocenters. The van der Waals surface area contributed by atoms with Crippen LogP contribution in [-0.4, -0.2) is 29.1 Å². The maximum Gasteiger partial charge on any atom is 0.265 e. The number of nitrogens with one attached hydrogen (secondary N) is 1. The van der Waals surface area contributed by atoms with Crippen molar-refractivity contribution in [3.05, 3.63) is 0 Å². The lowest BCUT2D eigenvalue weighted by molar-refractivity contribution is -0.128. The summed E-state index contributed by atoms with van der Waals surface area (Å²) in [5.41, 5.74) is -1.14. The highest BCUT2D eigenvalue weighted by Crippen LogP contribution is 1.99. The molecule has 0 aromatic carbocycles. The SMILES string of the molecule is CSC(O)C(=O)NC=O. The molecule has 0 aromatic heterocycles. The van der Waals surface area contributed by atoms with E-state index in [9.17, 15) is 9.59 Å². The molecule has 0 aromatic rings. The van der Waals surface area contributed by atoms with Crippen LogP contribution in [0.2, 0.25) is 0 Å². The van der Waals surface area contributed by atoms with Crippen LogP contribution >= 0.6 is 11.8 Å². The topological polar surface area (TPSA) is 66.4 Å². The second kappa shape index (κ2) is 4.34. The van der Waals surface area contributed by atoms with Gasteiger partial charge in [0.15, 0.2) is 5.44 Å². The highest BCUT2D eigenvalue weighted by Gasteiger charge is 2.10. The third-order valence-electron chi connectivity index (χ3n) is 0.649. The zero-order chi connectivity index (χ0) is 7.28. The summed E-state index contributed by atoms with van der Waals surface area (Å²) in [7, 11) is 0. The van der Waals surface area contributed by atoms with Crippen molar-refractivity contribution in [3.8, 4) is 0 Å². The van der Waals surface area contributed by atoms with Gasteiger partial charge in [-0.25, -0.2) is 0 Å². The number of hydrogen-bond donors (Lipinski definition) is 2. The minimum absolute atomic E-state index is 0.238. The van der Waals surface area contributed by atoms with Crippen LogP contribution in [0.4, 0.5) is 0 Å². The number of thioether (sulfide) groups is 1. The normalized spacial score (nSPS) is 12.2.